The molecule has 0 aromatic heterocycles. The van der Waals surface area contributed by atoms with Crippen molar-refractivity contribution in [1.82, 2.24) is 0 Å². The van der Waals surface area contributed by atoms with Gasteiger partial charge in [-0.05, 0) is 86.5 Å². The minimum absolute atomic E-state index is 0. The summed E-state index contributed by atoms with van der Waals surface area (Å²) in [7, 11) is -0.337. The van der Waals surface area contributed by atoms with E-state index in [1.807, 2.05) is 0 Å². The number of rotatable bonds is 4. The molecule has 0 atom stereocenters. The monoisotopic (exact) mass is 1390 g/mol. The molecular weight excluding hydrogens is 1350 g/mol. The van der Waals surface area contributed by atoms with Gasteiger partial charge < -0.3 is 14.2 Å². The van der Waals surface area contributed by atoms with E-state index in [4.69, 9.17) is 112 Å². The molecule has 0 radical (unpaired) electrons. The van der Waals surface area contributed by atoms with E-state index in [9.17, 15) is 71.0 Å². The van der Waals surface area contributed by atoms with E-state index in [0.717, 1.165) is 7.05 Å². The van der Waals surface area contributed by atoms with Crippen molar-refractivity contribution in [2.45, 2.75) is 52.0 Å². The Bertz CT molecular complexity index is 2270. The maximum Gasteiger partial charge on any atom is 1.00 e. The molecule has 3 aromatic carbocycles. The Morgan fingerprint density at radius 3 is 0.681 bits per heavy atom. The minimum Gasteiger partial charge on any atom is -0.868 e. The van der Waals surface area contributed by atoms with E-state index in [2.05, 4.69) is 36.8 Å². The van der Waals surface area contributed by atoms with Crippen LogP contribution in [0.4, 0.5) is 65.9 Å². The van der Waals surface area contributed by atoms with Crippen LogP contribution in [-0.2, 0) is 0 Å². The molecular formula is C31H46Cl10F15N6NaO3P6. The van der Waals surface area contributed by atoms with Crippen molar-refractivity contribution in [3.8, 4) is 17.2 Å². The molecule has 72 heavy (non-hydrogen) atoms. The zero-order valence-electron chi connectivity index (χ0n) is 32.0. The van der Waals surface area contributed by atoms with Crippen LogP contribution in [0.2, 0.25) is 0 Å². The molecule has 0 unspecified atom stereocenters. The molecule has 0 bridgehead atoms. The predicted octanol–water partition coefficient (Wildman–Crippen LogP) is 21.5. The summed E-state index contributed by atoms with van der Waals surface area (Å²) in [5.41, 5.74) is 0. The molecule has 4 rings (SSSR count). The van der Waals surface area contributed by atoms with Gasteiger partial charge >= 0.3 is 37.1 Å². The van der Waals surface area contributed by atoms with Crippen molar-refractivity contribution in [1.29, 1.82) is 0 Å². The number of halogens is 25. The van der Waals surface area contributed by atoms with Crippen molar-refractivity contribution < 1.29 is 110 Å². The van der Waals surface area contributed by atoms with Gasteiger partial charge in [0, 0.05) is 27.8 Å². The molecule has 0 aliphatic carbocycles. The van der Waals surface area contributed by atoms with Crippen LogP contribution in [0.3, 0.4) is 0 Å². The van der Waals surface area contributed by atoms with E-state index < -0.39 is 141 Å². The maximum atomic E-state index is 13.7. The van der Waals surface area contributed by atoms with E-state index in [1.165, 1.54) is 0 Å². The predicted molar refractivity (Wildman–Crippen MR) is 277 cm³/mol. The molecule has 1 aliphatic rings. The van der Waals surface area contributed by atoms with Gasteiger partial charge in [0.2, 0.25) is 69.7 Å². The molecule has 0 spiro atoms. The topological polar surface area (TPSA) is 116 Å². The van der Waals surface area contributed by atoms with Crippen LogP contribution in [-0.4, -0.2) is 41.1 Å². The number of benzene rings is 3. The first kappa shape index (κ1) is 92.7. The summed E-state index contributed by atoms with van der Waals surface area (Å²) in [6.45, 7) is 4.09. The fraction of sp³-hybridized carbons (Fsp3) is 0.419. The molecule has 0 N–H and O–H groups in total. The minimum atomic E-state index is -4.36. The first-order chi connectivity index (χ1) is 28.6. The molecule has 0 fully saturated rings. The third-order valence-electron chi connectivity index (χ3n) is 5.74. The van der Waals surface area contributed by atoms with Gasteiger partial charge in [0.15, 0.2) is 29.1 Å². The van der Waals surface area contributed by atoms with Gasteiger partial charge in [0.05, 0.1) is 0 Å². The van der Waals surface area contributed by atoms with Gasteiger partial charge in [-0.3, -0.25) is 9.49 Å². The molecule has 3 aromatic rings. The molecule has 424 valence electrons. The van der Waals surface area contributed by atoms with Crippen LogP contribution in [0, 0.1) is 87.3 Å². The second kappa shape index (κ2) is 37.3. The fourth-order valence-corrected chi connectivity index (χ4v) is 22.8. The molecule has 1 aliphatic heterocycles. The molecule has 9 nitrogen and oxygen atoms in total. The number of nitrogens with zero attached hydrogens (tertiary/aromatic N) is 6. The van der Waals surface area contributed by atoms with Crippen molar-refractivity contribution in [3.05, 3.63) is 87.3 Å². The largest absolute Gasteiger partial charge is 1.00 e. The smallest absolute Gasteiger partial charge is 0.868 e. The van der Waals surface area contributed by atoms with Crippen LogP contribution < -0.4 is 43.7 Å². The van der Waals surface area contributed by atoms with Crippen molar-refractivity contribution in [2.24, 2.45) is 27.8 Å². The first-order valence-electron chi connectivity index (χ1n) is 14.5. The molecule has 41 heteroatoms. The third-order valence-corrected chi connectivity index (χ3v) is 23.2. The summed E-state index contributed by atoms with van der Waals surface area (Å²) in [5, 5.41) is 10.2. The van der Waals surface area contributed by atoms with Crippen molar-refractivity contribution in [2.75, 3.05) is 41.1 Å². The molecule has 0 saturated carbocycles. The Morgan fingerprint density at radius 1 is 0.375 bits per heavy atom. The van der Waals surface area contributed by atoms with Crippen molar-refractivity contribution in [3.63, 3.8) is 0 Å². The Morgan fingerprint density at radius 2 is 0.528 bits per heavy atom. The zero-order valence-corrected chi connectivity index (χ0v) is 47.0. The van der Waals surface area contributed by atoms with E-state index in [1.54, 1.807) is 27.4 Å². The van der Waals surface area contributed by atoms with Gasteiger partial charge in [-0.15, -0.1) is 0 Å². The summed E-state index contributed by atoms with van der Waals surface area (Å²) in [4.78, 5) is 0. The van der Waals surface area contributed by atoms with Gasteiger partial charge in [-0.1, -0.05) is 96.9 Å². The number of hydrogen-bond acceptors (Lipinski definition) is 9. The number of hydrogen-bond donors (Lipinski definition) is 0. The quantitative estimate of drug-likeness (QED) is 0.0852. The van der Waals surface area contributed by atoms with Crippen LogP contribution in [0.25, 0.3) is 0 Å². The maximum absolute atomic E-state index is 13.7. The summed E-state index contributed by atoms with van der Waals surface area (Å²) >= 11 is 55.6. The Balaban J connectivity index is -0.000000109. The molecule has 0 saturated heterocycles. The summed E-state index contributed by atoms with van der Waals surface area (Å²) < 4.78 is 225. The van der Waals surface area contributed by atoms with Crippen LogP contribution in [0.1, 0.15) is 52.0 Å². The van der Waals surface area contributed by atoms with E-state index in [-0.39, 0.29) is 81.5 Å². The summed E-state index contributed by atoms with van der Waals surface area (Å²) in [6, 6.07) is 0. The fourth-order valence-electron chi connectivity index (χ4n) is 2.80. The molecule has 1 heterocycles. The molecule has 0 amide bonds. The van der Waals surface area contributed by atoms with E-state index >= 15 is 0 Å². The van der Waals surface area contributed by atoms with Crippen molar-refractivity contribution >= 4 is 149 Å². The zero-order chi connectivity index (χ0) is 51.0. The third kappa shape index (κ3) is 29.0. The van der Waals surface area contributed by atoms with Gasteiger partial charge in [0.25, 0.3) is 17.7 Å². The normalized spacial score (nSPS) is 13.0. The standard InChI is InChI=1S/C14H6F10NO2P.C6HF5O.2C2H6Cl2NP.7CH4.Cl6N3P3.Na/c1-25-28(2,26-13-9(21)5(17)3(15)6(18)10(13)22)27-14-11(23)7(19)4(16)8(20)12(14)24;7-1-2(8)4(10)6(12)5(11)3(1)9;2*1-5-6(2,3)4;;;;;;;;1-10(2)7-11(3,4)9-12(5,6)8-10;/h1-2H3;12H;2*1-2H3;7*1H4;;/q;;;;;;;;;;;;+1/p-1. The second-order valence-electron chi connectivity index (χ2n) is 10.4. The Labute approximate surface area is 480 Å². The summed E-state index contributed by atoms with van der Waals surface area (Å²) in [5.74, 6) is -54.3. The SMILES string of the molecule is C.C.C.C.C.C.C.CN=P(C)(Cl)Cl.CN=P(C)(Cl)Cl.CN=P(C)(Oc1c(F)c(F)c(F)c(F)c1F)Oc1c(F)c(F)c(F)c(F)c1F.ClP1(Cl)=NP(Cl)(Cl)=NP(Cl)(Cl)=N1.[Na+].[O-]c1c(F)c(F)c(F)c(F)c1F. The van der Waals surface area contributed by atoms with Crippen LogP contribution in [0.15, 0.2) is 27.8 Å². The second-order valence-corrected chi connectivity index (χ2v) is 40.5. The van der Waals surface area contributed by atoms with Gasteiger partial charge in [0.1, 0.15) is 11.5 Å². The van der Waals surface area contributed by atoms with Crippen LogP contribution >= 0.6 is 149 Å². The first-order valence-corrected chi connectivity index (χ1v) is 35.0. The Hall–Kier alpha value is 1.29. The van der Waals surface area contributed by atoms with Crippen LogP contribution in [0.5, 0.6) is 17.2 Å². The average Bonchev–Trinajstić information content (AvgIpc) is 3.17. The van der Waals surface area contributed by atoms with Gasteiger partial charge in [-0.25, -0.2) is 53.0 Å². The average molecular weight is 1400 g/mol. The Kier molecular flexibility index (Phi) is 48.0. The summed E-state index contributed by atoms with van der Waals surface area (Å²) in [6.07, 6.45) is 0. The van der Waals surface area contributed by atoms with Gasteiger partial charge in [-0.2, -0.15) is 31.1 Å². The van der Waals surface area contributed by atoms with E-state index in [0.29, 0.717) is 6.66 Å².